The molecule has 1 saturated carbocycles. The van der Waals surface area contributed by atoms with Crippen LogP contribution in [0.2, 0.25) is 0 Å². The lowest BCUT2D eigenvalue weighted by molar-refractivity contribution is -0.140. The Balaban J connectivity index is 1.33. The van der Waals surface area contributed by atoms with Crippen molar-refractivity contribution in [1.29, 1.82) is 0 Å². The molecule has 28 heavy (non-hydrogen) atoms. The Morgan fingerprint density at radius 1 is 1.14 bits per heavy atom. The molecule has 2 bridgehead atoms. The number of allylic oxidation sites excluding steroid dienone is 2. The van der Waals surface area contributed by atoms with E-state index in [2.05, 4.69) is 52.9 Å². The van der Waals surface area contributed by atoms with Crippen LogP contribution in [0.25, 0.3) is 0 Å². The van der Waals surface area contributed by atoms with E-state index in [4.69, 9.17) is 0 Å². The molecule has 4 atom stereocenters. The Kier molecular flexibility index (Phi) is 5.20. The molecular weight excluding hydrogens is 352 g/mol. The molecule has 1 heterocycles. The summed E-state index contributed by atoms with van der Waals surface area (Å²) in [6.07, 6.45) is 5.22. The fraction of sp³-hybridized carbons (Fsp3) is 0.500. The summed E-state index contributed by atoms with van der Waals surface area (Å²) in [5.74, 6) is 1.00. The summed E-state index contributed by atoms with van der Waals surface area (Å²) in [5, 5.41) is 6.47. The molecule has 3 aliphatic rings. The topological polar surface area (TPSA) is 73.8 Å². The maximum atomic E-state index is 12.7. The second kappa shape index (κ2) is 7.78. The largest absolute Gasteiger partial charge is 0.357 e. The van der Waals surface area contributed by atoms with Crippen LogP contribution in [0.3, 0.4) is 0 Å². The van der Waals surface area contributed by atoms with Gasteiger partial charge in [-0.25, -0.2) is 4.99 Å². The van der Waals surface area contributed by atoms with Crippen molar-refractivity contribution in [2.75, 3.05) is 19.6 Å². The van der Waals surface area contributed by atoms with E-state index < -0.39 is 0 Å². The molecule has 6 heteroatoms. The fourth-order valence-electron chi connectivity index (χ4n) is 4.79. The molecule has 6 nitrogen and oxygen atoms in total. The summed E-state index contributed by atoms with van der Waals surface area (Å²) < 4.78 is 0. The van der Waals surface area contributed by atoms with E-state index in [0.29, 0.717) is 25.6 Å². The number of rotatable bonds is 6. The number of hydrogen-bond donors (Lipinski definition) is 2. The second-order valence-electron chi connectivity index (χ2n) is 7.94. The molecule has 1 aromatic rings. The lowest BCUT2D eigenvalue weighted by atomic mass is 9.85. The molecule has 1 saturated heterocycles. The first-order valence-electron chi connectivity index (χ1n) is 10.2. The maximum Gasteiger partial charge on any atom is 0.233 e. The van der Waals surface area contributed by atoms with Crippen LogP contribution in [0.1, 0.15) is 24.5 Å². The van der Waals surface area contributed by atoms with Gasteiger partial charge in [-0.15, -0.1) is 0 Å². The number of carbonyl (C=O) groups excluding carboxylic acids is 2. The number of nitrogens with one attached hydrogen (secondary N) is 2. The van der Waals surface area contributed by atoms with Gasteiger partial charge in [0.1, 0.15) is 0 Å². The minimum atomic E-state index is -0.120. The SMILES string of the molecule is CCNC(=NCc1cccc(C)c1)NCCN1C(=O)C2C3C=CC(C3)C2C1=O. The zero-order chi connectivity index (χ0) is 19.7. The van der Waals surface area contributed by atoms with E-state index in [1.165, 1.54) is 10.5 Å². The van der Waals surface area contributed by atoms with Gasteiger partial charge in [0.15, 0.2) is 5.96 Å². The van der Waals surface area contributed by atoms with Gasteiger partial charge < -0.3 is 10.6 Å². The van der Waals surface area contributed by atoms with Crippen LogP contribution >= 0.6 is 0 Å². The van der Waals surface area contributed by atoms with Gasteiger partial charge in [-0.1, -0.05) is 42.0 Å². The van der Waals surface area contributed by atoms with E-state index >= 15 is 0 Å². The van der Waals surface area contributed by atoms with Gasteiger partial charge in [-0.3, -0.25) is 14.5 Å². The van der Waals surface area contributed by atoms with Crippen LogP contribution < -0.4 is 10.6 Å². The molecule has 0 spiro atoms. The predicted octanol–water partition coefficient (Wildman–Crippen LogP) is 1.86. The number of likely N-dealkylation sites (tertiary alicyclic amines) is 1. The standard InChI is InChI=1S/C22H28N4O2/c1-3-23-22(25-13-15-6-4-5-14(2)11-15)24-9-10-26-20(27)18-16-7-8-17(12-16)19(18)21(26)28/h4-8,11,16-19H,3,9-10,12-13H2,1-2H3,(H2,23,24,25). The van der Waals surface area contributed by atoms with Crippen LogP contribution in [0.5, 0.6) is 0 Å². The third-order valence-corrected chi connectivity index (χ3v) is 6.04. The monoisotopic (exact) mass is 380 g/mol. The number of fused-ring (bicyclic) bond motifs is 5. The number of amides is 2. The van der Waals surface area contributed by atoms with Crippen molar-refractivity contribution in [2.45, 2.75) is 26.8 Å². The van der Waals surface area contributed by atoms with Crippen molar-refractivity contribution in [3.63, 3.8) is 0 Å². The molecule has 2 amide bonds. The third-order valence-electron chi connectivity index (χ3n) is 6.04. The minimum Gasteiger partial charge on any atom is -0.357 e. The van der Waals surface area contributed by atoms with E-state index in [0.717, 1.165) is 18.5 Å². The first-order valence-corrected chi connectivity index (χ1v) is 10.2. The van der Waals surface area contributed by atoms with Gasteiger partial charge in [0.05, 0.1) is 18.4 Å². The molecule has 0 aromatic heterocycles. The summed E-state index contributed by atoms with van der Waals surface area (Å²) in [6.45, 7) is 6.30. The van der Waals surface area contributed by atoms with Crippen LogP contribution in [0, 0.1) is 30.6 Å². The number of benzene rings is 1. The van der Waals surface area contributed by atoms with Crippen molar-refractivity contribution in [1.82, 2.24) is 15.5 Å². The molecule has 2 aliphatic carbocycles. The first kappa shape index (κ1) is 18.7. The third kappa shape index (κ3) is 3.43. The number of hydrogen-bond acceptors (Lipinski definition) is 3. The molecular formula is C22H28N4O2. The van der Waals surface area contributed by atoms with Gasteiger partial charge in [-0.05, 0) is 37.7 Å². The fourth-order valence-corrected chi connectivity index (χ4v) is 4.79. The van der Waals surface area contributed by atoms with Crippen LogP contribution in [0.4, 0.5) is 0 Å². The minimum absolute atomic E-state index is 0.00958. The normalized spacial score (nSPS) is 28.2. The molecule has 1 aromatic carbocycles. The quantitative estimate of drug-likeness (QED) is 0.342. The van der Waals surface area contributed by atoms with Crippen LogP contribution in [-0.4, -0.2) is 42.3 Å². The van der Waals surface area contributed by atoms with Gasteiger partial charge in [0, 0.05) is 19.6 Å². The Morgan fingerprint density at radius 2 is 1.86 bits per heavy atom. The number of imide groups is 1. The van der Waals surface area contributed by atoms with Crippen molar-refractivity contribution < 1.29 is 9.59 Å². The highest BCUT2D eigenvalue weighted by Crippen LogP contribution is 2.52. The number of nitrogens with zero attached hydrogens (tertiary/aromatic N) is 2. The van der Waals surface area contributed by atoms with E-state index in [1.54, 1.807) is 0 Å². The molecule has 4 rings (SSSR count). The van der Waals surface area contributed by atoms with Gasteiger partial charge in [0.25, 0.3) is 0 Å². The summed E-state index contributed by atoms with van der Waals surface area (Å²) in [5.41, 5.74) is 2.36. The number of carbonyl (C=O) groups is 2. The molecule has 4 unspecified atom stereocenters. The Labute approximate surface area is 166 Å². The van der Waals surface area contributed by atoms with Crippen molar-refractivity contribution >= 4 is 17.8 Å². The Morgan fingerprint density at radius 3 is 2.50 bits per heavy atom. The average molecular weight is 380 g/mol. The van der Waals surface area contributed by atoms with E-state index in [1.807, 2.05) is 13.0 Å². The summed E-state index contributed by atoms with van der Waals surface area (Å²) in [7, 11) is 0. The highest BCUT2D eigenvalue weighted by atomic mass is 16.2. The second-order valence-corrected chi connectivity index (χ2v) is 7.94. The van der Waals surface area contributed by atoms with Gasteiger partial charge in [0.2, 0.25) is 11.8 Å². The lowest BCUT2D eigenvalue weighted by Gasteiger charge is -2.18. The Bertz CT molecular complexity index is 802. The molecule has 1 aliphatic heterocycles. The molecule has 2 N–H and O–H groups in total. The zero-order valence-corrected chi connectivity index (χ0v) is 16.5. The molecule has 2 fully saturated rings. The summed E-state index contributed by atoms with van der Waals surface area (Å²) >= 11 is 0. The highest BCUT2D eigenvalue weighted by molar-refractivity contribution is 6.06. The summed E-state index contributed by atoms with van der Waals surface area (Å²) in [4.78, 5) is 31.5. The van der Waals surface area contributed by atoms with Gasteiger partial charge in [-0.2, -0.15) is 0 Å². The molecule has 0 radical (unpaired) electrons. The van der Waals surface area contributed by atoms with Crippen molar-refractivity contribution in [2.24, 2.45) is 28.7 Å². The van der Waals surface area contributed by atoms with Crippen molar-refractivity contribution in [3.8, 4) is 0 Å². The van der Waals surface area contributed by atoms with Crippen LogP contribution in [0.15, 0.2) is 41.4 Å². The lowest BCUT2D eigenvalue weighted by Crippen LogP contribution is -2.43. The van der Waals surface area contributed by atoms with E-state index in [-0.39, 0.29) is 35.5 Å². The smallest absolute Gasteiger partial charge is 0.233 e. The number of aryl methyl sites for hydroxylation is 1. The van der Waals surface area contributed by atoms with Crippen LogP contribution in [-0.2, 0) is 16.1 Å². The Hall–Kier alpha value is -2.63. The first-order chi connectivity index (χ1) is 13.6. The number of guanidine groups is 1. The average Bonchev–Trinajstić information content (AvgIpc) is 3.35. The van der Waals surface area contributed by atoms with Crippen molar-refractivity contribution in [3.05, 3.63) is 47.5 Å². The van der Waals surface area contributed by atoms with E-state index in [9.17, 15) is 9.59 Å². The van der Waals surface area contributed by atoms with Gasteiger partial charge >= 0.3 is 0 Å². The zero-order valence-electron chi connectivity index (χ0n) is 16.5. The summed E-state index contributed by atoms with van der Waals surface area (Å²) in [6, 6.07) is 8.28. The highest BCUT2D eigenvalue weighted by Gasteiger charge is 2.58. The maximum absolute atomic E-state index is 12.7. The molecule has 148 valence electrons. The predicted molar refractivity (Wildman–Crippen MR) is 108 cm³/mol. The number of aliphatic imine (C=N–C) groups is 1.